The van der Waals surface area contributed by atoms with Crippen LogP contribution in [0.4, 0.5) is 4.79 Å². The molecule has 1 aliphatic carbocycles. The lowest BCUT2D eigenvalue weighted by Crippen LogP contribution is -2.50. The average Bonchev–Trinajstić information content (AvgIpc) is 3.20. The van der Waals surface area contributed by atoms with Gasteiger partial charge >= 0.3 is 6.09 Å². The number of alkyl carbamates (subject to hydrolysis) is 1. The van der Waals surface area contributed by atoms with Gasteiger partial charge in [-0.25, -0.2) is 4.79 Å². The van der Waals surface area contributed by atoms with Crippen molar-refractivity contribution in [1.82, 2.24) is 16.0 Å². The first-order valence-corrected chi connectivity index (χ1v) is 12.1. The molecular formula is C29H31N3O4. The fourth-order valence-corrected chi connectivity index (χ4v) is 4.66. The van der Waals surface area contributed by atoms with Gasteiger partial charge in [-0.05, 0) is 40.2 Å². The van der Waals surface area contributed by atoms with Gasteiger partial charge in [-0.15, -0.1) is 0 Å². The molecule has 3 N–H and O–H groups in total. The van der Waals surface area contributed by atoms with Crippen LogP contribution >= 0.6 is 0 Å². The second kappa shape index (κ2) is 11.5. The number of hydrogen-bond acceptors (Lipinski definition) is 4. The highest BCUT2D eigenvalue weighted by Gasteiger charge is 2.30. The number of amides is 3. The molecule has 0 fully saturated rings. The molecule has 0 heterocycles. The van der Waals surface area contributed by atoms with Gasteiger partial charge in [-0.2, -0.15) is 0 Å². The first-order chi connectivity index (χ1) is 17.5. The molecule has 3 aromatic rings. The molecule has 3 amide bonds. The summed E-state index contributed by atoms with van der Waals surface area (Å²) in [7, 11) is 0. The molecule has 7 heteroatoms. The molecule has 1 aliphatic rings. The molecule has 0 unspecified atom stereocenters. The molecule has 36 heavy (non-hydrogen) atoms. The zero-order chi connectivity index (χ0) is 25.5. The summed E-state index contributed by atoms with van der Waals surface area (Å²) in [5.41, 5.74) is 5.26. The molecule has 3 aromatic carbocycles. The number of ether oxygens (including phenoxy) is 1. The van der Waals surface area contributed by atoms with Crippen LogP contribution in [-0.4, -0.2) is 31.1 Å². The third kappa shape index (κ3) is 5.74. The summed E-state index contributed by atoms with van der Waals surface area (Å²) in [6.07, 6.45) is -0.417. The van der Waals surface area contributed by atoms with Crippen LogP contribution in [0.5, 0.6) is 0 Å². The zero-order valence-corrected chi connectivity index (χ0v) is 20.4. The van der Waals surface area contributed by atoms with Crippen molar-refractivity contribution >= 4 is 18.4 Å². The summed E-state index contributed by atoms with van der Waals surface area (Å²) >= 11 is 0. The molecule has 2 atom stereocenters. The van der Waals surface area contributed by atoms with E-state index in [9.17, 15) is 14.4 Å². The number of fused-ring (bicyclic) bond motifs is 3. The van der Waals surface area contributed by atoms with Crippen molar-refractivity contribution in [2.45, 2.75) is 38.4 Å². The quantitative estimate of drug-likeness (QED) is 0.291. The predicted octanol–water partition coefficient (Wildman–Crippen LogP) is 4.50. The Kier molecular flexibility index (Phi) is 8.00. The molecule has 0 aliphatic heterocycles. The van der Waals surface area contributed by atoms with E-state index in [0.29, 0.717) is 12.8 Å². The topological polar surface area (TPSA) is 96.5 Å². The molecule has 0 radical (unpaired) electrons. The summed E-state index contributed by atoms with van der Waals surface area (Å²) in [6, 6.07) is 24.5. The SMILES string of the molecule is CC(C)C[C@H](NC(=O)OCC1c2ccccc2-c2ccccc21)C(=O)N[C@H](NC=O)c1ccccc1. The summed E-state index contributed by atoms with van der Waals surface area (Å²) in [5, 5.41) is 8.16. The van der Waals surface area contributed by atoms with Crippen LogP contribution in [0.25, 0.3) is 11.1 Å². The minimum absolute atomic E-state index is 0.0697. The summed E-state index contributed by atoms with van der Waals surface area (Å²) in [6.45, 7) is 4.10. The van der Waals surface area contributed by atoms with Crippen molar-refractivity contribution in [1.29, 1.82) is 0 Å². The Balaban J connectivity index is 1.42. The van der Waals surface area contributed by atoms with E-state index in [1.54, 1.807) is 12.1 Å². The molecule has 0 bridgehead atoms. The van der Waals surface area contributed by atoms with Crippen molar-refractivity contribution < 1.29 is 19.1 Å². The van der Waals surface area contributed by atoms with Gasteiger partial charge in [-0.3, -0.25) is 9.59 Å². The molecule has 0 spiro atoms. The minimum Gasteiger partial charge on any atom is -0.449 e. The maximum absolute atomic E-state index is 13.1. The molecule has 7 nitrogen and oxygen atoms in total. The lowest BCUT2D eigenvalue weighted by Gasteiger charge is -2.24. The second-order valence-corrected chi connectivity index (χ2v) is 9.29. The number of hydrogen-bond donors (Lipinski definition) is 3. The van der Waals surface area contributed by atoms with Gasteiger partial charge in [0.1, 0.15) is 18.8 Å². The highest BCUT2D eigenvalue weighted by atomic mass is 16.5. The van der Waals surface area contributed by atoms with Crippen LogP contribution in [-0.2, 0) is 14.3 Å². The molecular weight excluding hydrogens is 454 g/mol. The van der Waals surface area contributed by atoms with Crippen LogP contribution in [0.2, 0.25) is 0 Å². The van der Waals surface area contributed by atoms with E-state index >= 15 is 0 Å². The number of carbonyl (C=O) groups excluding carboxylic acids is 3. The van der Waals surface area contributed by atoms with E-state index in [-0.39, 0.29) is 18.4 Å². The van der Waals surface area contributed by atoms with Gasteiger partial charge in [0.15, 0.2) is 0 Å². The predicted molar refractivity (Wildman–Crippen MR) is 138 cm³/mol. The Hall–Kier alpha value is -4.13. The second-order valence-electron chi connectivity index (χ2n) is 9.29. The summed E-state index contributed by atoms with van der Waals surface area (Å²) in [4.78, 5) is 37.1. The van der Waals surface area contributed by atoms with E-state index in [1.165, 1.54) is 0 Å². The average molecular weight is 486 g/mol. The standard InChI is InChI=1S/C29H31N3O4/c1-19(2)16-26(28(34)32-27(30-18-33)20-10-4-3-5-11-20)31-29(35)36-17-25-23-14-8-6-12-21(23)22-13-7-9-15-24(22)25/h3-15,18-19,25-27H,16-17H2,1-2H3,(H,30,33)(H,31,35)(H,32,34)/t26-,27-/m0/s1. The molecule has 0 aromatic heterocycles. The van der Waals surface area contributed by atoms with Gasteiger partial charge in [0, 0.05) is 5.92 Å². The normalized spacial score (nSPS) is 13.8. The summed E-state index contributed by atoms with van der Waals surface area (Å²) < 4.78 is 5.64. The van der Waals surface area contributed by atoms with Crippen LogP contribution in [0.3, 0.4) is 0 Å². The first kappa shape index (κ1) is 25.0. The van der Waals surface area contributed by atoms with Crippen LogP contribution in [0.1, 0.15) is 49.0 Å². The minimum atomic E-state index is -0.819. The van der Waals surface area contributed by atoms with Crippen molar-refractivity contribution in [3.63, 3.8) is 0 Å². The zero-order valence-electron chi connectivity index (χ0n) is 20.4. The molecule has 4 rings (SSSR count). The molecule has 0 saturated heterocycles. The van der Waals surface area contributed by atoms with Gasteiger partial charge in [0.05, 0.1) is 0 Å². The largest absolute Gasteiger partial charge is 0.449 e. The maximum atomic E-state index is 13.1. The fourth-order valence-electron chi connectivity index (χ4n) is 4.66. The Bertz CT molecular complexity index is 1170. The summed E-state index contributed by atoms with van der Waals surface area (Å²) in [5.74, 6) is -0.330. The maximum Gasteiger partial charge on any atom is 0.407 e. The van der Waals surface area contributed by atoms with Gasteiger partial charge in [0.25, 0.3) is 0 Å². The van der Waals surface area contributed by atoms with Gasteiger partial charge < -0.3 is 20.7 Å². The lowest BCUT2D eigenvalue weighted by atomic mass is 9.98. The number of rotatable bonds is 10. The van der Waals surface area contributed by atoms with Crippen molar-refractivity contribution in [3.05, 3.63) is 95.6 Å². The first-order valence-electron chi connectivity index (χ1n) is 12.1. The van der Waals surface area contributed by atoms with Gasteiger partial charge in [0.2, 0.25) is 12.3 Å². The van der Waals surface area contributed by atoms with E-state index in [0.717, 1.165) is 27.8 Å². The molecule has 0 saturated carbocycles. The highest BCUT2D eigenvalue weighted by Crippen LogP contribution is 2.44. The lowest BCUT2D eigenvalue weighted by molar-refractivity contribution is -0.124. The Morgan fingerprint density at radius 2 is 1.44 bits per heavy atom. The van der Waals surface area contributed by atoms with E-state index in [1.807, 2.05) is 56.3 Å². The number of benzene rings is 3. The Morgan fingerprint density at radius 1 is 0.861 bits per heavy atom. The van der Waals surface area contributed by atoms with Crippen molar-refractivity contribution in [3.8, 4) is 11.1 Å². The van der Waals surface area contributed by atoms with E-state index in [2.05, 4.69) is 40.2 Å². The highest BCUT2D eigenvalue weighted by molar-refractivity contribution is 5.86. The fraction of sp³-hybridized carbons (Fsp3) is 0.276. The number of carbonyl (C=O) groups is 3. The monoisotopic (exact) mass is 485 g/mol. The Morgan fingerprint density at radius 3 is 2.03 bits per heavy atom. The number of nitrogens with one attached hydrogen (secondary N) is 3. The Labute approximate surface area is 211 Å². The van der Waals surface area contributed by atoms with Crippen molar-refractivity contribution in [2.24, 2.45) is 5.92 Å². The van der Waals surface area contributed by atoms with E-state index in [4.69, 9.17) is 4.74 Å². The van der Waals surface area contributed by atoms with Gasteiger partial charge in [-0.1, -0.05) is 92.7 Å². The molecule has 186 valence electrons. The van der Waals surface area contributed by atoms with Crippen molar-refractivity contribution in [2.75, 3.05) is 6.61 Å². The van der Waals surface area contributed by atoms with Crippen LogP contribution in [0, 0.1) is 5.92 Å². The van der Waals surface area contributed by atoms with E-state index < -0.39 is 24.2 Å². The van der Waals surface area contributed by atoms with Crippen LogP contribution < -0.4 is 16.0 Å². The third-order valence-electron chi connectivity index (χ3n) is 6.31. The third-order valence-corrected chi connectivity index (χ3v) is 6.31. The van der Waals surface area contributed by atoms with Crippen LogP contribution in [0.15, 0.2) is 78.9 Å². The smallest absolute Gasteiger partial charge is 0.407 e.